The topological polar surface area (TPSA) is 240 Å². The van der Waals surface area contributed by atoms with Crippen molar-refractivity contribution in [3.05, 3.63) is 48.6 Å². The van der Waals surface area contributed by atoms with Gasteiger partial charge >= 0.3 is 23.9 Å². The van der Waals surface area contributed by atoms with Crippen molar-refractivity contribution in [2.75, 3.05) is 85.6 Å². The lowest BCUT2D eigenvalue weighted by atomic mass is 10.0. The van der Waals surface area contributed by atoms with Gasteiger partial charge in [-0.3, -0.25) is 43.2 Å². The van der Waals surface area contributed by atoms with Gasteiger partial charge in [-0.05, 0) is 167 Å². The van der Waals surface area contributed by atoms with Crippen LogP contribution in [0.25, 0.3) is 0 Å². The molecule has 0 heterocycles. The normalized spacial score (nSPS) is 11.8. The van der Waals surface area contributed by atoms with E-state index < -0.39 is 11.9 Å². The van der Waals surface area contributed by atoms with E-state index in [2.05, 4.69) is 86.9 Å². The minimum absolute atomic E-state index is 0.0219. The van der Waals surface area contributed by atoms with E-state index in [1.807, 2.05) is 6.92 Å². The summed E-state index contributed by atoms with van der Waals surface area (Å²) in [7, 11) is 0. The molecule has 0 saturated carbocycles. The third-order valence-electron chi connectivity index (χ3n) is 22.6. The SMILES string of the molecule is CCCCCCCC/C=C\CCCCCCCC(=O)OCCN(CCOC(=O)CCCCCCC/C=C\CCCCCCCC)C(=O)CCC(=O)NCCCC[C@@H](NC(=O)CCC(=O)N(CCOC(=O)CCCCCCC/C=C\CCCCCCCC)CCOC(=O)CCCCCCC/C=C\CCCCCCCC)C(=O)CCCCOCCOCCC. The highest BCUT2D eigenvalue weighted by Gasteiger charge is 2.24. The Bertz CT molecular complexity index is 2460. The number of rotatable bonds is 95. The first kappa shape index (κ1) is 116. The summed E-state index contributed by atoms with van der Waals surface area (Å²) < 4.78 is 33.7. The summed E-state index contributed by atoms with van der Waals surface area (Å²) in [5.74, 6) is -3.00. The number of unbranched alkanes of at least 4 members (excludes halogenated alkanes) is 46. The van der Waals surface area contributed by atoms with Crippen molar-refractivity contribution in [3.63, 3.8) is 0 Å². The van der Waals surface area contributed by atoms with E-state index >= 15 is 0 Å². The molecular weight excluding hydrogens is 1530 g/mol. The van der Waals surface area contributed by atoms with Crippen LogP contribution in [-0.4, -0.2) is 155 Å². The second kappa shape index (κ2) is 94.4. The number of ketones is 1. The summed E-state index contributed by atoms with van der Waals surface area (Å²) in [6, 6.07) is -0.851. The van der Waals surface area contributed by atoms with E-state index in [1.54, 1.807) is 0 Å². The van der Waals surface area contributed by atoms with Crippen LogP contribution in [0.1, 0.15) is 465 Å². The van der Waals surface area contributed by atoms with Crippen LogP contribution in [0.3, 0.4) is 0 Å². The van der Waals surface area contributed by atoms with Gasteiger partial charge in [0.1, 0.15) is 26.4 Å². The minimum atomic E-state index is -0.851. The van der Waals surface area contributed by atoms with Crippen LogP contribution in [0, 0.1) is 0 Å². The number of hydrogen-bond acceptors (Lipinski definition) is 15. The van der Waals surface area contributed by atoms with Gasteiger partial charge in [-0.25, -0.2) is 0 Å². The molecular formula is C103H186N4O15. The van der Waals surface area contributed by atoms with E-state index in [4.69, 9.17) is 28.4 Å². The van der Waals surface area contributed by atoms with E-state index in [0.29, 0.717) is 77.8 Å². The maximum Gasteiger partial charge on any atom is 0.305 e. The Morgan fingerprint density at radius 1 is 0.246 bits per heavy atom. The summed E-state index contributed by atoms with van der Waals surface area (Å²) in [5, 5.41) is 5.82. The molecule has 708 valence electrons. The molecule has 2 N–H and O–H groups in total. The zero-order chi connectivity index (χ0) is 88.8. The molecule has 4 amide bonds. The van der Waals surface area contributed by atoms with Crippen LogP contribution >= 0.6 is 0 Å². The van der Waals surface area contributed by atoms with E-state index in [1.165, 1.54) is 164 Å². The van der Waals surface area contributed by atoms with Crippen LogP contribution in [-0.2, 0) is 71.6 Å². The average Bonchev–Trinajstić information content (AvgIpc) is 0.915. The molecule has 122 heavy (non-hydrogen) atoms. The largest absolute Gasteiger partial charge is 0.464 e. The Balaban J connectivity index is 5.77. The average molecular weight is 1720 g/mol. The van der Waals surface area contributed by atoms with Crippen molar-refractivity contribution in [1.29, 1.82) is 0 Å². The van der Waals surface area contributed by atoms with Gasteiger partial charge in [0.05, 0.1) is 45.4 Å². The smallest absolute Gasteiger partial charge is 0.305 e. The third kappa shape index (κ3) is 85.1. The summed E-state index contributed by atoms with van der Waals surface area (Å²) in [6.07, 6.45) is 82.7. The van der Waals surface area contributed by atoms with Gasteiger partial charge in [-0.2, -0.15) is 0 Å². The molecule has 0 aromatic rings. The predicted octanol–water partition coefficient (Wildman–Crippen LogP) is 25.5. The summed E-state index contributed by atoms with van der Waals surface area (Å²) in [4.78, 5) is 123. The van der Waals surface area contributed by atoms with E-state index in [-0.39, 0.29) is 158 Å². The van der Waals surface area contributed by atoms with Crippen molar-refractivity contribution in [1.82, 2.24) is 20.4 Å². The van der Waals surface area contributed by atoms with Gasteiger partial charge in [0.2, 0.25) is 23.6 Å². The highest BCUT2D eigenvalue weighted by atomic mass is 16.5. The van der Waals surface area contributed by atoms with E-state index in [9.17, 15) is 43.2 Å². The molecule has 0 unspecified atom stereocenters. The lowest BCUT2D eigenvalue weighted by Gasteiger charge is -2.23. The van der Waals surface area contributed by atoms with E-state index in [0.717, 1.165) is 173 Å². The monoisotopic (exact) mass is 1720 g/mol. The fraction of sp³-hybridized carbons (Fsp3) is 0.835. The Morgan fingerprint density at radius 3 is 0.820 bits per heavy atom. The number of nitrogens with one attached hydrogen (secondary N) is 2. The number of carbonyl (C=O) groups excluding carboxylic acids is 9. The van der Waals surface area contributed by atoms with Gasteiger partial charge in [0, 0.05) is 77.5 Å². The molecule has 0 bridgehead atoms. The van der Waals surface area contributed by atoms with Crippen molar-refractivity contribution in [2.24, 2.45) is 0 Å². The highest BCUT2D eigenvalue weighted by molar-refractivity contribution is 5.90. The maximum atomic E-state index is 14.0. The first-order valence-electron chi connectivity index (χ1n) is 50.8. The molecule has 0 radical (unpaired) electrons. The molecule has 0 spiro atoms. The maximum absolute atomic E-state index is 14.0. The molecule has 0 aliphatic heterocycles. The van der Waals surface area contributed by atoms with Crippen molar-refractivity contribution in [2.45, 2.75) is 471 Å². The first-order valence-corrected chi connectivity index (χ1v) is 50.8. The lowest BCUT2D eigenvalue weighted by molar-refractivity contribution is -0.148. The van der Waals surface area contributed by atoms with Gasteiger partial charge in [-0.1, -0.05) is 289 Å². The standard InChI is InChI=1S/C103H186N4O15/c1-6-11-15-19-23-27-31-35-39-43-47-51-55-59-63-73-100(113)119-88-82-106(83-89-120-101(114)74-64-60-56-52-48-44-40-36-32-28-24-20-16-12-7-2)98(111)79-77-96(109)104-81-69-67-71-94(95(108)72-68-70-87-118-93-92-117-86-10-5)105-97(110)78-80-99(112)107(84-90-121-102(115)75-65-61-57-53-49-45-41-37-33-29-25-21-17-13-8-3)85-91-122-103(116)76-66-62-58-54-50-46-42-38-34-30-26-22-18-14-9-4/h35-42,94H,6-34,43-93H2,1-5H3,(H,104,109)(H,105,110)/b39-35-,40-36-,41-37-,42-38-/t94-/m1/s1. The molecule has 0 rings (SSSR count). The van der Waals surface area contributed by atoms with Crippen LogP contribution in [0.4, 0.5) is 0 Å². The fourth-order valence-electron chi connectivity index (χ4n) is 14.7. The molecule has 19 nitrogen and oxygen atoms in total. The van der Waals surface area contributed by atoms with Crippen molar-refractivity contribution >= 4 is 53.3 Å². The quantitative estimate of drug-likeness (QED) is 0.0249. The highest BCUT2D eigenvalue weighted by Crippen LogP contribution is 2.18. The van der Waals surface area contributed by atoms with Crippen LogP contribution in [0.2, 0.25) is 0 Å². The molecule has 0 aromatic heterocycles. The van der Waals surface area contributed by atoms with Gasteiger partial charge in [0.15, 0.2) is 5.78 Å². The van der Waals surface area contributed by atoms with Crippen LogP contribution in [0.15, 0.2) is 48.6 Å². The molecule has 0 fully saturated rings. The van der Waals surface area contributed by atoms with Gasteiger partial charge in [-0.15, -0.1) is 0 Å². The number of carbonyl (C=O) groups is 9. The van der Waals surface area contributed by atoms with Gasteiger partial charge < -0.3 is 48.9 Å². The number of hydrogen-bond donors (Lipinski definition) is 2. The molecule has 1 atom stereocenters. The summed E-state index contributed by atoms with van der Waals surface area (Å²) >= 11 is 0. The van der Waals surface area contributed by atoms with Crippen LogP contribution < -0.4 is 10.6 Å². The Morgan fingerprint density at radius 2 is 0.516 bits per heavy atom. The Kier molecular flexibility index (Phi) is 90.0. The second-order valence-corrected chi connectivity index (χ2v) is 34.1. The molecule has 0 aliphatic rings. The number of esters is 4. The zero-order valence-electron chi connectivity index (χ0n) is 79.3. The number of Topliss-reactive ketones (excluding diaryl/α,β-unsaturated/α-hetero) is 1. The molecule has 0 saturated heterocycles. The summed E-state index contributed by atoms with van der Waals surface area (Å²) in [6.45, 7) is 13.5. The minimum Gasteiger partial charge on any atom is -0.464 e. The first-order chi connectivity index (χ1) is 59.8. The number of ether oxygens (including phenoxy) is 6. The van der Waals surface area contributed by atoms with Crippen LogP contribution in [0.5, 0.6) is 0 Å². The molecule has 0 aromatic carbocycles. The Labute approximate surface area is 746 Å². The fourth-order valence-corrected chi connectivity index (χ4v) is 14.7. The van der Waals surface area contributed by atoms with Crippen molar-refractivity contribution in [3.8, 4) is 0 Å². The third-order valence-corrected chi connectivity index (χ3v) is 22.6. The van der Waals surface area contributed by atoms with Gasteiger partial charge in [0.25, 0.3) is 0 Å². The molecule has 19 heteroatoms. The lowest BCUT2D eigenvalue weighted by Crippen LogP contribution is -2.42. The second-order valence-electron chi connectivity index (χ2n) is 34.1. The summed E-state index contributed by atoms with van der Waals surface area (Å²) in [5.41, 5.74) is 0. The molecule has 0 aliphatic carbocycles. The predicted molar refractivity (Wildman–Crippen MR) is 503 cm³/mol. The number of nitrogens with zero attached hydrogens (tertiary/aromatic N) is 2. The number of allylic oxidation sites excluding steroid dienone is 8. The number of amides is 4. The zero-order valence-corrected chi connectivity index (χ0v) is 79.3. The Hall–Kier alpha value is -5.69. The van der Waals surface area contributed by atoms with Crippen molar-refractivity contribution < 1.29 is 71.6 Å².